The summed E-state index contributed by atoms with van der Waals surface area (Å²) in [6.45, 7) is 5.70. The fourth-order valence-corrected chi connectivity index (χ4v) is 3.29. The van der Waals surface area contributed by atoms with Gasteiger partial charge in [-0.2, -0.15) is 0 Å². The maximum absolute atomic E-state index is 11.2. The molecule has 0 saturated heterocycles. The predicted molar refractivity (Wildman–Crippen MR) is 57.4 cm³/mol. The molecule has 0 aliphatic heterocycles. The average molecular weight is 237 g/mol. The molecule has 0 aromatic heterocycles. The highest BCUT2D eigenvalue weighted by atomic mass is 35.5. The van der Waals surface area contributed by atoms with Crippen molar-refractivity contribution in [2.24, 2.45) is 16.7 Å². The monoisotopic (exact) mass is 236 g/mol. The molecule has 0 aromatic carbocycles. The highest BCUT2D eigenvalue weighted by Gasteiger charge is 2.75. The van der Waals surface area contributed by atoms with Gasteiger partial charge in [-0.3, -0.25) is 4.79 Å². The second kappa shape index (κ2) is 3.42. The summed E-state index contributed by atoms with van der Waals surface area (Å²) in [7, 11) is 0. The van der Waals surface area contributed by atoms with Gasteiger partial charge < -0.3 is 5.11 Å². The molecule has 0 amide bonds. The van der Waals surface area contributed by atoms with E-state index in [-0.39, 0.29) is 11.3 Å². The van der Waals surface area contributed by atoms with E-state index in [1.54, 1.807) is 0 Å². The zero-order chi connectivity index (χ0) is 11.1. The average Bonchev–Trinajstić information content (AvgIpc) is 2.62. The molecule has 0 spiro atoms. The lowest BCUT2D eigenvalue weighted by molar-refractivity contribution is -0.145. The Hall–Kier alpha value is -0.210. The van der Waals surface area contributed by atoms with Gasteiger partial charge in [-0.25, -0.2) is 0 Å². The number of aliphatic carboxylic acids is 1. The van der Waals surface area contributed by atoms with Crippen LogP contribution >= 0.6 is 23.2 Å². The molecular formula is C10H14Cl2O2. The minimum atomic E-state index is -0.785. The maximum atomic E-state index is 11.2. The van der Waals surface area contributed by atoms with Crippen molar-refractivity contribution in [2.75, 3.05) is 0 Å². The van der Waals surface area contributed by atoms with E-state index in [2.05, 4.69) is 0 Å². The molecule has 1 rings (SSSR count). The zero-order valence-corrected chi connectivity index (χ0v) is 9.99. The van der Waals surface area contributed by atoms with Crippen molar-refractivity contribution in [2.45, 2.75) is 27.2 Å². The summed E-state index contributed by atoms with van der Waals surface area (Å²) in [6, 6.07) is 0. The van der Waals surface area contributed by atoms with Crippen molar-refractivity contribution in [1.29, 1.82) is 0 Å². The van der Waals surface area contributed by atoms with Gasteiger partial charge in [-0.15, -0.1) is 0 Å². The van der Waals surface area contributed by atoms with Crippen LogP contribution < -0.4 is 0 Å². The molecule has 2 nitrogen and oxygen atoms in total. The first kappa shape index (κ1) is 11.9. The first-order valence-corrected chi connectivity index (χ1v) is 5.36. The highest BCUT2D eigenvalue weighted by Crippen LogP contribution is 2.73. The van der Waals surface area contributed by atoms with Gasteiger partial charge in [0.15, 0.2) is 0 Å². The SMILES string of the molecule is CCC1(C(=O)O)C(C(Cl)=CCl)C1(C)C. The van der Waals surface area contributed by atoms with Crippen LogP contribution in [0.1, 0.15) is 27.2 Å². The molecule has 80 valence electrons. The van der Waals surface area contributed by atoms with Crippen molar-refractivity contribution in [3.05, 3.63) is 10.6 Å². The van der Waals surface area contributed by atoms with Crippen molar-refractivity contribution in [1.82, 2.24) is 0 Å². The number of halogens is 2. The predicted octanol–water partition coefficient (Wildman–Crippen LogP) is 3.44. The molecule has 0 bridgehead atoms. The van der Waals surface area contributed by atoms with Crippen LogP contribution in [0.4, 0.5) is 0 Å². The van der Waals surface area contributed by atoms with Crippen LogP contribution in [0.15, 0.2) is 10.6 Å². The zero-order valence-electron chi connectivity index (χ0n) is 8.47. The third kappa shape index (κ3) is 1.20. The molecule has 1 fully saturated rings. The number of rotatable bonds is 3. The lowest BCUT2D eigenvalue weighted by Gasteiger charge is -2.11. The van der Waals surface area contributed by atoms with E-state index in [0.29, 0.717) is 11.5 Å². The molecule has 1 saturated carbocycles. The van der Waals surface area contributed by atoms with Gasteiger partial charge in [0.2, 0.25) is 0 Å². The topological polar surface area (TPSA) is 37.3 Å². The number of carbonyl (C=O) groups is 1. The number of carboxylic acids is 1. The second-order valence-corrected chi connectivity index (χ2v) is 4.93. The van der Waals surface area contributed by atoms with Crippen molar-refractivity contribution in [3.8, 4) is 0 Å². The molecule has 0 aromatic rings. The quantitative estimate of drug-likeness (QED) is 0.816. The fourth-order valence-electron chi connectivity index (χ4n) is 2.71. The third-order valence-corrected chi connectivity index (χ3v) is 4.27. The Morgan fingerprint density at radius 2 is 2.07 bits per heavy atom. The van der Waals surface area contributed by atoms with E-state index < -0.39 is 11.4 Å². The van der Waals surface area contributed by atoms with Crippen LogP contribution in [0.2, 0.25) is 0 Å². The van der Waals surface area contributed by atoms with Crippen LogP contribution in [0.25, 0.3) is 0 Å². The van der Waals surface area contributed by atoms with Crippen LogP contribution in [-0.2, 0) is 4.79 Å². The molecule has 1 aliphatic rings. The minimum Gasteiger partial charge on any atom is -0.481 e. The lowest BCUT2D eigenvalue weighted by atomic mass is 9.93. The second-order valence-electron chi connectivity index (χ2n) is 4.28. The van der Waals surface area contributed by atoms with Crippen LogP contribution in [-0.4, -0.2) is 11.1 Å². The summed E-state index contributed by atoms with van der Waals surface area (Å²) in [5.74, 6) is -0.941. The first-order chi connectivity index (χ1) is 6.36. The van der Waals surface area contributed by atoms with Gasteiger partial charge in [0.25, 0.3) is 0 Å². The Kier molecular flexibility index (Phi) is 2.90. The number of carboxylic acid groups (broad SMARTS) is 1. The molecule has 0 radical (unpaired) electrons. The number of hydrogen-bond donors (Lipinski definition) is 1. The summed E-state index contributed by atoms with van der Waals surface area (Å²) in [5.41, 5.74) is 0.222. The van der Waals surface area contributed by atoms with E-state index in [1.165, 1.54) is 5.54 Å². The maximum Gasteiger partial charge on any atom is 0.310 e. The van der Waals surface area contributed by atoms with Crippen molar-refractivity contribution in [3.63, 3.8) is 0 Å². The Morgan fingerprint density at radius 1 is 1.57 bits per heavy atom. The first-order valence-electron chi connectivity index (χ1n) is 4.55. The van der Waals surface area contributed by atoms with Crippen LogP contribution in [0.3, 0.4) is 0 Å². The largest absolute Gasteiger partial charge is 0.481 e. The molecule has 1 aliphatic carbocycles. The van der Waals surface area contributed by atoms with Crippen molar-refractivity contribution >= 4 is 29.2 Å². The van der Waals surface area contributed by atoms with E-state index in [0.717, 1.165) is 0 Å². The Bertz CT molecular complexity index is 296. The fraction of sp³-hybridized carbons (Fsp3) is 0.700. The standard InChI is InChI=1S/C10H14Cl2O2/c1-4-10(8(13)14)7(6(12)5-11)9(10,2)3/h5,7H,4H2,1-3H3,(H,13,14). The van der Waals surface area contributed by atoms with Gasteiger partial charge in [-0.05, 0) is 11.8 Å². The van der Waals surface area contributed by atoms with Crippen LogP contribution in [0, 0.1) is 16.7 Å². The molecule has 2 atom stereocenters. The van der Waals surface area contributed by atoms with Gasteiger partial charge in [0, 0.05) is 16.5 Å². The Morgan fingerprint density at radius 3 is 2.29 bits per heavy atom. The number of allylic oxidation sites excluding steroid dienone is 1. The number of hydrogen-bond acceptors (Lipinski definition) is 1. The normalized spacial score (nSPS) is 35.5. The van der Waals surface area contributed by atoms with Gasteiger partial charge >= 0.3 is 5.97 Å². The summed E-state index contributed by atoms with van der Waals surface area (Å²) in [6.07, 6.45) is 0.570. The third-order valence-electron chi connectivity index (χ3n) is 3.60. The van der Waals surface area contributed by atoms with Gasteiger partial charge in [0.1, 0.15) is 0 Å². The van der Waals surface area contributed by atoms with Gasteiger partial charge in [-0.1, -0.05) is 44.0 Å². The molecule has 1 N–H and O–H groups in total. The van der Waals surface area contributed by atoms with E-state index >= 15 is 0 Å². The summed E-state index contributed by atoms with van der Waals surface area (Å²) in [4.78, 5) is 11.2. The van der Waals surface area contributed by atoms with E-state index in [9.17, 15) is 9.90 Å². The summed E-state index contributed by atoms with van der Waals surface area (Å²) < 4.78 is 0. The Balaban J connectivity index is 3.09. The van der Waals surface area contributed by atoms with Gasteiger partial charge in [0.05, 0.1) is 5.41 Å². The summed E-state index contributed by atoms with van der Waals surface area (Å²) in [5, 5.41) is 9.67. The van der Waals surface area contributed by atoms with Crippen molar-refractivity contribution < 1.29 is 9.90 Å². The summed E-state index contributed by atoms with van der Waals surface area (Å²) >= 11 is 11.4. The lowest BCUT2D eigenvalue weighted by Crippen LogP contribution is -2.20. The minimum absolute atomic E-state index is 0.156. The Labute approximate surface area is 93.9 Å². The van der Waals surface area contributed by atoms with E-state index in [4.69, 9.17) is 23.2 Å². The molecular weight excluding hydrogens is 223 g/mol. The van der Waals surface area contributed by atoms with E-state index in [1.807, 2.05) is 20.8 Å². The highest BCUT2D eigenvalue weighted by molar-refractivity contribution is 6.37. The molecule has 14 heavy (non-hydrogen) atoms. The molecule has 0 heterocycles. The molecule has 2 unspecified atom stereocenters. The molecule has 4 heteroatoms. The smallest absolute Gasteiger partial charge is 0.310 e. The van der Waals surface area contributed by atoms with Crippen LogP contribution in [0.5, 0.6) is 0 Å².